The highest BCUT2D eigenvalue weighted by Gasteiger charge is 2.02. The second kappa shape index (κ2) is 15.9. The number of hydrogen-bond acceptors (Lipinski definition) is 5. The van der Waals surface area contributed by atoms with Crippen molar-refractivity contribution in [2.45, 2.75) is 71.5 Å². The minimum absolute atomic E-state index is 0.124. The minimum Gasteiger partial charge on any atom is -0.481 e. The summed E-state index contributed by atoms with van der Waals surface area (Å²) in [7, 11) is 0. The van der Waals surface area contributed by atoms with Gasteiger partial charge in [0.1, 0.15) is 0 Å². The number of hydrogen-bond donors (Lipinski definition) is 3. The van der Waals surface area contributed by atoms with E-state index in [1.165, 1.54) is 0 Å². The monoisotopic (exact) mass is 292 g/mol. The maximum atomic E-state index is 10.7. The molecule has 0 spiro atoms. The van der Waals surface area contributed by atoms with Gasteiger partial charge in [-0.25, -0.2) is 0 Å². The molecule has 20 heavy (non-hydrogen) atoms. The van der Waals surface area contributed by atoms with Crippen molar-refractivity contribution in [1.82, 2.24) is 0 Å². The van der Waals surface area contributed by atoms with Gasteiger partial charge in [-0.2, -0.15) is 0 Å². The zero-order valence-electron chi connectivity index (χ0n) is 12.5. The maximum Gasteiger partial charge on any atom is 0.305 e. The Morgan fingerprint density at radius 1 is 1.00 bits per heavy atom. The molecule has 0 bridgehead atoms. The van der Waals surface area contributed by atoms with Gasteiger partial charge in [-0.1, -0.05) is 19.8 Å². The molecule has 0 aliphatic rings. The molecule has 0 unspecified atom stereocenters. The minimum atomic E-state index is -1.10. The molecule has 120 valence electrons. The zero-order valence-corrected chi connectivity index (χ0v) is 12.5. The van der Waals surface area contributed by atoms with Crippen molar-refractivity contribution in [2.75, 3.05) is 6.61 Å². The Bertz CT molecular complexity index is 240. The molecule has 0 atom stereocenters. The van der Waals surface area contributed by atoms with Crippen LogP contribution < -0.4 is 0 Å². The van der Waals surface area contributed by atoms with Crippen LogP contribution in [0.1, 0.15) is 65.2 Å². The third kappa shape index (κ3) is 22.1. The van der Waals surface area contributed by atoms with Crippen molar-refractivity contribution in [2.24, 2.45) is 0 Å². The number of aliphatic carboxylic acids is 1. The lowest BCUT2D eigenvalue weighted by atomic mass is 10.2. The first-order valence-corrected chi connectivity index (χ1v) is 7.17. The van der Waals surface area contributed by atoms with Gasteiger partial charge in [0, 0.05) is 12.8 Å². The van der Waals surface area contributed by atoms with Crippen molar-refractivity contribution in [1.29, 1.82) is 0 Å². The fourth-order valence-electron chi connectivity index (χ4n) is 1.36. The topological polar surface area (TPSA) is 104 Å². The number of carboxylic acids is 1. The van der Waals surface area contributed by atoms with Crippen LogP contribution in [0.2, 0.25) is 0 Å². The summed E-state index contributed by atoms with van der Waals surface area (Å²) in [5.74, 6) is -1.07. The molecule has 3 N–H and O–H groups in total. The normalized spacial score (nSPS) is 9.85. The number of carbonyl (C=O) groups is 2. The number of rotatable bonds is 10. The molecule has 0 aliphatic heterocycles. The lowest BCUT2D eigenvalue weighted by Gasteiger charge is -1.99. The van der Waals surface area contributed by atoms with Crippen LogP contribution in [0, 0.1) is 0 Å². The van der Waals surface area contributed by atoms with Crippen LogP contribution >= 0.6 is 0 Å². The maximum absolute atomic E-state index is 10.7. The summed E-state index contributed by atoms with van der Waals surface area (Å²) in [6, 6.07) is 0. The molecule has 0 aromatic rings. The van der Waals surface area contributed by atoms with Crippen LogP contribution in [-0.2, 0) is 14.3 Å². The first-order valence-electron chi connectivity index (χ1n) is 7.17. The van der Waals surface area contributed by atoms with Gasteiger partial charge in [0.2, 0.25) is 0 Å². The zero-order chi connectivity index (χ0) is 15.8. The van der Waals surface area contributed by atoms with Crippen molar-refractivity contribution in [3.8, 4) is 0 Å². The molecule has 0 rings (SSSR count). The van der Waals surface area contributed by atoms with Crippen molar-refractivity contribution in [3.63, 3.8) is 0 Å². The van der Waals surface area contributed by atoms with Crippen LogP contribution in [0.15, 0.2) is 0 Å². The molecule has 0 aliphatic carbocycles. The Balaban J connectivity index is 0. The molecule has 0 amide bonds. The third-order valence-electron chi connectivity index (χ3n) is 2.39. The number of unbranched alkanes of at least 4 members (excludes halogenated alkanes) is 3. The van der Waals surface area contributed by atoms with E-state index in [1.807, 2.05) is 0 Å². The average Bonchev–Trinajstić information content (AvgIpc) is 2.35. The lowest BCUT2D eigenvalue weighted by molar-refractivity contribution is -0.143. The Hall–Kier alpha value is -1.14. The Kier molecular flexibility index (Phi) is 16.8. The van der Waals surface area contributed by atoms with Gasteiger partial charge in [-0.15, -0.1) is 0 Å². The molecule has 0 aromatic carbocycles. The summed E-state index contributed by atoms with van der Waals surface area (Å²) in [4.78, 5) is 20.8. The van der Waals surface area contributed by atoms with E-state index in [0.29, 0.717) is 32.3 Å². The van der Waals surface area contributed by atoms with E-state index < -0.39 is 12.3 Å². The van der Waals surface area contributed by atoms with E-state index in [2.05, 4.69) is 11.7 Å². The second-order valence-corrected chi connectivity index (χ2v) is 4.38. The lowest BCUT2D eigenvalue weighted by Crippen LogP contribution is -2.03. The van der Waals surface area contributed by atoms with Gasteiger partial charge >= 0.3 is 11.9 Å². The summed E-state index contributed by atoms with van der Waals surface area (Å²) in [6.07, 6.45) is 4.15. The van der Waals surface area contributed by atoms with Crippen LogP contribution in [0.3, 0.4) is 0 Å². The van der Waals surface area contributed by atoms with Crippen LogP contribution in [0.5, 0.6) is 0 Å². The molecular weight excluding hydrogens is 264 g/mol. The highest BCUT2D eigenvalue weighted by atomic mass is 16.5. The van der Waals surface area contributed by atoms with Crippen LogP contribution in [0.4, 0.5) is 0 Å². The molecule has 0 heterocycles. The Labute approximate surface area is 120 Å². The SMILES string of the molecule is CCCCCC(O)O.CCOC(=O)CCCCC(=O)O. The predicted octanol–water partition coefficient (Wildman–Crippen LogP) is 2.07. The van der Waals surface area contributed by atoms with Gasteiger partial charge in [0.05, 0.1) is 6.61 Å². The number of aliphatic hydroxyl groups excluding tert-OH is 1. The van der Waals surface area contributed by atoms with Gasteiger partial charge in [-0.3, -0.25) is 9.59 Å². The van der Waals surface area contributed by atoms with E-state index in [-0.39, 0.29) is 12.4 Å². The summed E-state index contributed by atoms with van der Waals surface area (Å²) >= 11 is 0. The molecule has 0 saturated carbocycles. The van der Waals surface area contributed by atoms with Crippen LogP contribution in [0.25, 0.3) is 0 Å². The summed E-state index contributed by atoms with van der Waals surface area (Å²) in [6.45, 7) is 4.22. The highest BCUT2D eigenvalue weighted by molar-refractivity contribution is 5.69. The Morgan fingerprint density at radius 3 is 2.05 bits per heavy atom. The fourth-order valence-corrected chi connectivity index (χ4v) is 1.36. The van der Waals surface area contributed by atoms with Crippen molar-refractivity contribution < 1.29 is 29.6 Å². The van der Waals surface area contributed by atoms with E-state index in [4.69, 9.17) is 15.3 Å². The first-order chi connectivity index (χ1) is 9.43. The molecular formula is C14H28O6. The number of carbonyl (C=O) groups excluding carboxylic acids is 1. The smallest absolute Gasteiger partial charge is 0.305 e. The van der Waals surface area contributed by atoms with Gasteiger partial charge < -0.3 is 20.1 Å². The predicted molar refractivity (Wildman–Crippen MR) is 75.1 cm³/mol. The van der Waals surface area contributed by atoms with Gasteiger partial charge in [0.15, 0.2) is 6.29 Å². The van der Waals surface area contributed by atoms with E-state index in [1.54, 1.807) is 6.92 Å². The van der Waals surface area contributed by atoms with Crippen molar-refractivity contribution in [3.05, 3.63) is 0 Å². The molecule has 0 saturated heterocycles. The van der Waals surface area contributed by atoms with Gasteiger partial charge in [-0.05, 0) is 32.6 Å². The third-order valence-corrected chi connectivity index (χ3v) is 2.39. The quantitative estimate of drug-likeness (QED) is 0.323. The number of esters is 1. The summed E-state index contributed by atoms with van der Waals surface area (Å²) in [5, 5.41) is 24.9. The van der Waals surface area contributed by atoms with Crippen LogP contribution in [-0.4, -0.2) is 40.2 Å². The van der Waals surface area contributed by atoms with Crippen molar-refractivity contribution >= 4 is 11.9 Å². The summed E-state index contributed by atoms with van der Waals surface area (Å²) < 4.78 is 4.66. The van der Waals surface area contributed by atoms with E-state index >= 15 is 0 Å². The van der Waals surface area contributed by atoms with E-state index in [0.717, 1.165) is 19.3 Å². The first kappa shape index (κ1) is 21.2. The fraction of sp³-hybridized carbons (Fsp3) is 0.857. The number of carboxylic acid groups (broad SMARTS) is 1. The summed E-state index contributed by atoms with van der Waals surface area (Å²) in [5.41, 5.74) is 0. The van der Waals surface area contributed by atoms with Gasteiger partial charge in [0.25, 0.3) is 0 Å². The number of aliphatic hydroxyl groups is 2. The molecule has 0 radical (unpaired) electrons. The Morgan fingerprint density at radius 2 is 1.60 bits per heavy atom. The second-order valence-electron chi connectivity index (χ2n) is 4.38. The number of ether oxygens (including phenoxy) is 1. The van der Waals surface area contributed by atoms with E-state index in [9.17, 15) is 9.59 Å². The largest absolute Gasteiger partial charge is 0.481 e. The highest BCUT2D eigenvalue weighted by Crippen LogP contribution is 2.01. The molecule has 6 nitrogen and oxygen atoms in total. The standard InChI is InChI=1S/C8H14O4.C6H14O2/c1-2-12-8(11)6-4-3-5-7(9)10;1-2-3-4-5-6(7)8/h2-6H2,1H3,(H,9,10);6-8H,2-5H2,1H3. The molecule has 0 aromatic heterocycles. The molecule has 0 fully saturated rings. The average molecular weight is 292 g/mol. The molecule has 6 heteroatoms.